The summed E-state index contributed by atoms with van der Waals surface area (Å²) in [7, 11) is 3.98. The minimum atomic E-state index is -0.437. The van der Waals surface area contributed by atoms with E-state index < -0.39 is 5.92 Å². The summed E-state index contributed by atoms with van der Waals surface area (Å²) in [6, 6.07) is 8.07. The Morgan fingerprint density at radius 3 is 2.00 bits per heavy atom. The molecule has 0 aliphatic heterocycles. The van der Waals surface area contributed by atoms with Gasteiger partial charge in [0.15, 0.2) is 0 Å². The second-order valence-corrected chi connectivity index (χ2v) is 6.77. The first-order valence-corrected chi connectivity index (χ1v) is 7.10. The van der Waals surface area contributed by atoms with Crippen LogP contribution in [0.3, 0.4) is 0 Å². The number of Topliss-reactive ketones (excluding diaryl/α,β-unsaturated/α-hetero) is 2. The standard InChI is InChI=1S/C17H23NO2/c1-17(2)10-15(19)14(16(20)11-17)9-12-5-7-13(8-6-12)18(3)4/h5-8,14H,9-11H2,1-4H3. The van der Waals surface area contributed by atoms with Crippen LogP contribution in [0.2, 0.25) is 0 Å². The average Bonchev–Trinajstić information content (AvgIpc) is 2.33. The van der Waals surface area contributed by atoms with E-state index in [1.54, 1.807) is 0 Å². The van der Waals surface area contributed by atoms with E-state index in [9.17, 15) is 9.59 Å². The Morgan fingerprint density at radius 2 is 1.55 bits per heavy atom. The minimum absolute atomic E-state index is 0.0999. The molecule has 0 saturated heterocycles. The Morgan fingerprint density at radius 1 is 1.05 bits per heavy atom. The Labute approximate surface area is 121 Å². The summed E-state index contributed by atoms with van der Waals surface area (Å²) in [6.45, 7) is 3.98. The number of anilines is 1. The summed E-state index contributed by atoms with van der Waals surface area (Å²) >= 11 is 0. The van der Waals surface area contributed by atoms with Crippen molar-refractivity contribution in [2.24, 2.45) is 11.3 Å². The minimum Gasteiger partial charge on any atom is -0.378 e. The van der Waals surface area contributed by atoms with Gasteiger partial charge >= 0.3 is 0 Å². The van der Waals surface area contributed by atoms with Crippen molar-refractivity contribution in [2.45, 2.75) is 33.1 Å². The van der Waals surface area contributed by atoms with Crippen LogP contribution in [-0.2, 0) is 16.0 Å². The van der Waals surface area contributed by atoms with E-state index in [1.165, 1.54) is 0 Å². The molecule has 0 bridgehead atoms. The van der Waals surface area contributed by atoms with Gasteiger partial charge in [0.05, 0.1) is 5.92 Å². The van der Waals surface area contributed by atoms with Gasteiger partial charge in [-0.15, -0.1) is 0 Å². The van der Waals surface area contributed by atoms with E-state index in [0.717, 1.165) is 11.3 Å². The molecular weight excluding hydrogens is 250 g/mol. The molecule has 0 unspecified atom stereocenters. The maximum atomic E-state index is 12.2. The third kappa shape index (κ3) is 3.27. The second kappa shape index (κ2) is 5.39. The highest BCUT2D eigenvalue weighted by molar-refractivity contribution is 6.05. The van der Waals surface area contributed by atoms with Gasteiger partial charge < -0.3 is 4.90 Å². The van der Waals surface area contributed by atoms with Gasteiger partial charge in [0, 0.05) is 32.6 Å². The van der Waals surface area contributed by atoms with E-state index in [-0.39, 0.29) is 17.0 Å². The summed E-state index contributed by atoms with van der Waals surface area (Å²) in [5.41, 5.74) is 2.01. The highest BCUT2D eigenvalue weighted by atomic mass is 16.2. The fourth-order valence-electron chi connectivity index (χ4n) is 2.83. The van der Waals surface area contributed by atoms with Crippen molar-refractivity contribution in [3.63, 3.8) is 0 Å². The van der Waals surface area contributed by atoms with Crippen molar-refractivity contribution in [3.8, 4) is 0 Å². The SMILES string of the molecule is CN(C)c1ccc(CC2C(=O)CC(C)(C)CC2=O)cc1. The maximum Gasteiger partial charge on any atom is 0.144 e. The first kappa shape index (κ1) is 14.8. The van der Waals surface area contributed by atoms with Gasteiger partial charge in [-0.1, -0.05) is 26.0 Å². The molecule has 3 nitrogen and oxygen atoms in total. The first-order chi connectivity index (χ1) is 9.28. The summed E-state index contributed by atoms with van der Waals surface area (Å²) < 4.78 is 0. The maximum absolute atomic E-state index is 12.2. The molecule has 0 atom stereocenters. The van der Waals surface area contributed by atoms with Crippen molar-refractivity contribution in [1.29, 1.82) is 0 Å². The summed E-state index contributed by atoms with van der Waals surface area (Å²) in [4.78, 5) is 26.4. The quantitative estimate of drug-likeness (QED) is 0.795. The summed E-state index contributed by atoms with van der Waals surface area (Å²) in [5, 5.41) is 0. The van der Waals surface area contributed by atoms with Crippen molar-refractivity contribution < 1.29 is 9.59 Å². The largest absolute Gasteiger partial charge is 0.378 e. The third-order valence-corrected chi connectivity index (χ3v) is 3.98. The number of carbonyl (C=O) groups excluding carboxylic acids is 2. The van der Waals surface area contributed by atoms with Crippen molar-refractivity contribution in [1.82, 2.24) is 0 Å². The monoisotopic (exact) mass is 273 g/mol. The van der Waals surface area contributed by atoms with Crippen LogP contribution in [0, 0.1) is 11.3 Å². The van der Waals surface area contributed by atoms with E-state index in [4.69, 9.17) is 0 Å². The van der Waals surface area contributed by atoms with Crippen LogP contribution < -0.4 is 4.90 Å². The van der Waals surface area contributed by atoms with Crippen LogP contribution in [0.15, 0.2) is 24.3 Å². The molecule has 0 N–H and O–H groups in total. The molecule has 0 aromatic heterocycles. The highest BCUT2D eigenvalue weighted by Crippen LogP contribution is 2.35. The van der Waals surface area contributed by atoms with Crippen LogP contribution >= 0.6 is 0 Å². The first-order valence-electron chi connectivity index (χ1n) is 7.10. The normalized spacial score (nSPS) is 19.2. The topological polar surface area (TPSA) is 37.4 Å². The molecule has 0 radical (unpaired) electrons. The molecule has 1 aromatic carbocycles. The number of nitrogens with zero attached hydrogens (tertiary/aromatic N) is 1. The van der Waals surface area contributed by atoms with E-state index >= 15 is 0 Å². The second-order valence-electron chi connectivity index (χ2n) is 6.77. The lowest BCUT2D eigenvalue weighted by Crippen LogP contribution is -2.38. The Hall–Kier alpha value is -1.64. The molecule has 1 aliphatic carbocycles. The zero-order valence-corrected chi connectivity index (χ0v) is 12.8. The fraction of sp³-hybridized carbons (Fsp3) is 0.529. The lowest BCUT2D eigenvalue weighted by molar-refractivity contribution is -0.139. The Balaban J connectivity index is 2.10. The summed E-state index contributed by atoms with van der Waals surface area (Å²) in [6.07, 6.45) is 1.57. The molecule has 0 heterocycles. The van der Waals surface area contributed by atoms with Gasteiger partial charge in [0.1, 0.15) is 11.6 Å². The van der Waals surface area contributed by atoms with Crippen LogP contribution in [0.5, 0.6) is 0 Å². The van der Waals surface area contributed by atoms with Gasteiger partial charge in [-0.05, 0) is 29.5 Å². The number of hydrogen-bond donors (Lipinski definition) is 0. The van der Waals surface area contributed by atoms with Gasteiger partial charge in [-0.2, -0.15) is 0 Å². The molecular formula is C17H23NO2. The molecule has 1 aromatic rings. The molecule has 1 saturated carbocycles. The third-order valence-electron chi connectivity index (χ3n) is 3.98. The van der Waals surface area contributed by atoms with Crippen molar-refractivity contribution >= 4 is 17.3 Å². The lowest BCUT2D eigenvalue weighted by atomic mass is 9.70. The Bertz CT molecular complexity index is 494. The van der Waals surface area contributed by atoms with Crippen molar-refractivity contribution in [3.05, 3.63) is 29.8 Å². The lowest BCUT2D eigenvalue weighted by Gasteiger charge is -2.32. The van der Waals surface area contributed by atoms with Gasteiger partial charge in [-0.3, -0.25) is 9.59 Å². The zero-order valence-electron chi connectivity index (χ0n) is 12.8. The van der Waals surface area contributed by atoms with Crippen LogP contribution in [-0.4, -0.2) is 25.7 Å². The van der Waals surface area contributed by atoms with Crippen LogP contribution in [0.1, 0.15) is 32.3 Å². The molecule has 0 spiro atoms. The molecule has 3 heteroatoms. The molecule has 1 fully saturated rings. The van der Waals surface area contributed by atoms with Gasteiger partial charge in [0.25, 0.3) is 0 Å². The summed E-state index contributed by atoms with van der Waals surface area (Å²) in [5.74, 6) is -0.237. The van der Waals surface area contributed by atoms with E-state index in [0.29, 0.717) is 19.3 Å². The average molecular weight is 273 g/mol. The number of hydrogen-bond acceptors (Lipinski definition) is 3. The number of carbonyl (C=O) groups is 2. The fourth-order valence-corrected chi connectivity index (χ4v) is 2.83. The zero-order chi connectivity index (χ0) is 14.9. The van der Waals surface area contributed by atoms with E-state index in [2.05, 4.69) is 0 Å². The van der Waals surface area contributed by atoms with E-state index in [1.807, 2.05) is 57.1 Å². The highest BCUT2D eigenvalue weighted by Gasteiger charge is 2.39. The van der Waals surface area contributed by atoms with Gasteiger partial charge in [0.2, 0.25) is 0 Å². The number of benzene rings is 1. The molecule has 1 aliphatic rings. The Kier molecular flexibility index (Phi) is 3.98. The van der Waals surface area contributed by atoms with Crippen LogP contribution in [0.4, 0.5) is 5.69 Å². The molecule has 108 valence electrons. The number of ketones is 2. The number of rotatable bonds is 3. The van der Waals surface area contributed by atoms with Crippen molar-refractivity contribution in [2.75, 3.05) is 19.0 Å². The molecule has 20 heavy (non-hydrogen) atoms. The smallest absolute Gasteiger partial charge is 0.144 e. The predicted molar refractivity (Wildman–Crippen MR) is 81.0 cm³/mol. The predicted octanol–water partition coefficient (Wildman–Crippen LogP) is 2.87. The molecule has 2 rings (SSSR count). The molecule has 0 amide bonds. The van der Waals surface area contributed by atoms with Gasteiger partial charge in [-0.25, -0.2) is 0 Å². The van der Waals surface area contributed by atoms with Crippen LogP contribution in [0.25, 0.3) is 0 Å².